The first-order valence-corrected chi connectivity index (χ1v) is 15.6. The number of rotatable bonds is 11. The molecule has 0 spiro atoms. The number of amides is 2. The molecule has 224 valence electrons. The minimum Gasteiger partial charge on any atom is -0.345 e. The zero-order valence-electron chi connectivity index (χ0n) is 25.3. The van der Waals surface area contributed by atoms with Crippen LogP contribution in [0.4, 0.5) is 4.39 Å². The lowest BCUT2D eigenvalue weighted by molar-refractivity contribution is -0.136. The van der Waals surface area contributed by atoms with Crippen molar-refractivity contribution in [2.75, 3.05) is 6.54 Å². The van der Waals surface area contributed by atoms with Crippen LogP contribution < -0.4 is 0 Å². The van der Waals surface area contributed by atoms with Crippen molar-refractivity contribution in [2.24, 2.45) is 0 Å². The zero-order chi connectivity index (χ0) is 30.2. The molecule has 0 saturated heterocycles. The molecule has 2 amide bonds. The molecule has 0 aliphatic heterocycles. The topological polar surface area (TPSA) is 45.6 Å². The molecule has 6 heteroatoms. The number of aromatic nitrogens is 1. The molecule has 43 heavy (non-hydrogen) atoms. The number of nitrogens with zero attached hydrogens (tertiary/aromatic N) is 3. The third kappa shape index (κ3) is 7.61. The van der Waals surface area contributed by atoms with Crippen molar-refractivity contribution in [3.05, 3.63) is 120 Å². The zero-order valence-corrected chi connectivity index (χ0v) is 25.3. The van der Waals surface area contributed by atoms with Gasteiger partial charge in [0.2, 0.25) is 5.91 Å². The summed E-state index contributed by atoms with van der Waals surface area (Å²) in [5.74, 6) is -0.389. The maximum absolute atomic E-state index is 14.2. The lowest BCUT2D eigenvalue weighted by atomic mass is 9.94. The average molecular weight is 580 g/mol. The third-order valence-corrected chi connectivity index (χ3v) is 8.79. The Kier molecular flexibility index (Phi) is 10.1. The van der Waals surface area contributed by atoms with Crippen molar-refractivity contribution < 1.29 is 14.0 Å². The normalized spacial score (nSPS) is 14.3. The van der Waals surface area contributed by atoms with E-state index in [2.05, 4.69) is 29.7 Å². The van der Waals surface area contributed by atoms with Gasteiger partial charge in [-0.2, -0.15) is 0 Å². The molecule has 0 bridgehead atoms. The lowest BCUT2D eigenvalue weighted by Gasteiger charge is -2.37. The van der Waals surface area contributed by atoms with E-state index >= 15 is 0 Å². The van der Waals surface area contributed by atoms with Crippen molar-refractivity contribution in [3.8, 4) is 11.1 Å². The summed E-state index contributed by atoms with van der Waals surface area (Å²) in [6.45, 7) is 5.19. The first-order valence-electron chi connectivity index (χ1n) is 15.6. The molecule has 1 aliphatic rings. The van der Waals surface area contributed by atoms with Gasteiger partial charge in [0.15, 0.2) is 0 Å². The smallest absolute Gasteiger partial charge is 0.254 e. The second-order valence-corrected chi connectivity index (χ2v) is 11.7. The van der Waals surface area contributed by atoms with Crippen LogP contribution in [0, 0.1) is 5.82 Å². The first-order chi connectivity index (χ1) is 20.9. The number of hydrogen-bond donors (Lipinski definition) is 0. The van der Waals surface area contributed by atoms with Gasteiger partial charge in [-0.15, -0.1) is 0 Å². The number of benzene rings is 3. The summed E-state index contributed by atoms with van der Waals surface area (Å²) in [5.41, 5.74) is 4.77. The van der Waals surface area contributed by atoms with E-state index in [-0.39, 0.29) is 36.3 Å². The van der Waals surface area contributed by atoms with E-state index in [1.54, 1.807) is 17.0 Å². The Hall–Kier alpha value is -4.19. The maximum Gasteiger partial charge on any atom is 0.254 e. The highest BCUT2D eigenvalue weighted by molar-refractivity contribution is 5.97. The van der Waals surface area contributed by atoms with Crippen LogP contribution in [0.3, 0.4) is 0 Å². The number of carbonyl (C=O) groups is 2. The van der Waals surface area contributed by atoms with Crippen molar-refractivity contribution in [3.63, 3.8) is 0 Å². The van der Waals surface area contributed by atoms with E-state index in [9.17, 15) is 14.0 Å². The van der Waals surface area contributed by atoms with Gasteiger partial charge in [0, 0.05) is 36.1 Å². The minimum absolute atomic E-state index is 0.0176. The van der Waals surface area contributed by atoms with E-state index in [1.165, 1.54) is 18.6 Å². The van der Waals surface area contributed by atoms with Crippen LogP contribution in [-0.2, 0) is 17.9 Å². The molecular weight excluding hydrogens is 537 g/mol. The average Bonchev–Trinajstić information content (AvgIpc) is 3.50. The van der Waals surface area contributed by atoms with E-state index in [1.807, 2.05) is 66.6 Å². The third-order valence-electron chi connectivity index (χ3n) is 8.79. The standard InChI is InChI=1S/C37H42FN3O2/c1-3-28(2)40(37(43)32-20-18-31(19-21-32)30-11-6-4-7-12-30)27-36(42)41(34-13-8-5-9-14-34)26-35-15-10-24-39(35)25-29-16-22-33(38)23-17-29/h4,6-7,10-12,15-24,28,34H,3,5,8-9,13-14,25-27H2,1-2H3/t28-/m0/s1. The van der Waals surface area contributed by atoms with Crippen LogP contribution in [0.25, 0.3) is 11.1 Å². The first kappa shape index (κ1) is 30.3. The minimum atomic E-state index is -0.252. The van der Waals surface area contributed by atoms with Crippen LogP contribution >= 0.6 is 0 Å². The second kappa shape index (κ2) is 14.3. The molecular formula is C37H42FN3O2. The molecule has 4 aromatic rings. The molecule has 0 radical (unpaired) electrons. The highest BCUT2D eigenvalue weighted by atomic mass is 19.1. The molecule has 0 unspecified atom stereocenters. The van der Waals surface area contributed by atoms with Gasteiger partial charge in [-0.3, -0.25) is 9.59 Å². The van der Waals surface area contributed by atoms with Gasteiger partial charge in [0.1, 0.15) is 12.4 Å². The van der Waals surface area contributed by atoms with Crippen molar-refractivity contribution in [1.82, 2.24) is 14.4 Å². The fraction of sp³-hybridized carbons (Fsp3) is 0.351. The quantitative estimate of drug-likeness (QED) is 0.181. The second-order valence-electron chi connectivity index (χ2n) is 11.7. The Bertz CT molecular complexity index is 1470. The van der Waals surface area contributed by atoms with Gasteiger partial charge < -0.3 is 14.4 Å². The number of halogens is 1. The molecule has 3 aromatic carbocycles. The van der Waals surface area contributed by atoms with Gasteiger partial charge in [-0.05, 0) is 79.3 Å². The summed E-state index contributed by atoms with van der Waals surface area (Å²) >= 11 is 0. The maximum atomic E-state index is 14.2. The molecule has 1 fully saturated rings. The Morgan fingerprint density at radius 1 is 0.860 bits per heavy atom. The summed E-state index contributed by atoms with van der Waals surface area (Å²) in [5, 5.41) is 0. The predicted molar refractivity (Wildman–Crippen MR) is 170 cm³/mol. The highest BCUT2D eigenvalue weighted by Crippen LogP contribution is 2.26. The van der Waals surface area contributed by atoms with Crippen molar-refractivity contribution in [1.29, 1.82) is 0 Å². The van der Waals surface area contributed by atoms with E-state index in [0.717, 1.165) is 54.5 Å². The Morgan fingerprint density at radius 2 is 1.53 bits per heavy atom. The Labute approximate surface area is 254 Å². The predicted octanol–water partition coefficient (Wildman–Crippen LogP) is 7.94. The van der Waals surface area contributed by atoms with Gasteiger partial charge in [0.05, 0.1) is 6.54 Å². The largest absolute Gasteiger partial charge is 0.345 e. The molecule has 1 heterocycles. The van der Waals surface area contributed by atoms with Crippen LogP contribution in [0.5, 0.6) is 0 Å². The van der Waals surface area contributed by atoms with Crippen molar-refractivity contribution in [2.45, 2.75) is 77.5 Å². The molecule has 1 aliphatic carbocycles. The SMILES string of the molecule is CC[C@H](C)N(CC(=O)N(Cc1cccn1Cc1ccc(F)cc1)C1CCCCC1)C(=O)c1ccc(-c2ccccc2)cc1. The monoisotopic (exact) mass is 579 g/mol. The summed E-state index contributed by atoms with van der Waals surface area (Å²) in [6, 6.07) is 28.4. The Balaban J connectivity index is 1.35. The lowest BCUT2D eigenvalue weighted by Crippen LogP contribution is -2.49. The van der Waals surface area contributed by atoms with Gasteiger partial charge in [-0.1, -0.05) is 80.8 Å². The van der Waals surface area contributed by atoms with Crippen molar-refractivity contribution >= 4 is 11.8 Å². The van der Waals surface area contributed by atoms with Gasteiger partial charge in [0.25, 0.3) is 5.91 Å². The molecule has 5 rings (SSSR count). The molecule has 1 atom stereocenters. The molecule has 5 nitrogen and oxygen atoms in total. The fourth-order valence-corrected chi connectivity index (χ4v) is 6.01. The summed E-state index contributed by atoms with van der Waals surface area (Å²) in [4.78, 5) is 31.8. The number of carbonyl (C=O) groups excluding carboxylic acids is 2. The Morgan fingerprint density at radius 3 is 2.21 bits per heavy atom. The van der Waals surface area contributed by atoms with Gasteiger partial charge in [-0.25, -0.2) is 4.39 Å². The van der Waals surface area contributed by atoms with Crippen LogP contribution in [0.2, 0.25) is 0 Å². The molecule has 0 N–H and O–H groups in total. The van der Waals surface area contributed by atoms with E-state index < -0.39 is 0 Å². The molecule has 1 aromatic heterocycles. The highest BCUT2D eigenvalue weighted by Gasteiger charge is 2.30. The van der Waals surface area contributed by atoms with Gasteiger partial charge >= 0.3 is 0 Å². The number of hydrogen-bond acceptors (Lipinski definition) is 2. The summed E-state index contributed by atoms with van der Waals surface area (Å²) in [7, 11) is 0. The van der Waals surface area contributed by atoms with E-state index in [0.29, 0.717) is 18.7 Å². The van der Waals surface area contributed by atoms with Crippen LogP contribution in [0.15, 0.2) is 97.2 Å². The van der Waals surface area contributed by atoms with E-state index in [4.69, 9.17) is 0 Å². The summed E-state index contributed by atoms with van der Waals surface area (Å²) in [6.07, 6.45) is 8.11. The van der Waals surface area contributed by atoms with Crippen LogP contribution in [-0.4, -0.2) is 44.8 Å². The molecule has 1 saturated carbocycles. The fourth-order valence-electron chi connectivity index (χ4n) is 6.01. The van der Waals surface area contributed by atoms with Crippen LogP contribution in [0.1, 0.15) is 74.0 Å². The summed E-state index contributed by atoms with van der Waals surface area (Å²) < 4.78 is 15.6.